The van der Waals surface area contributed by atoms with E-state index in [2.05, 4.69) is 80.5 Å². The van der Waals surface area contributed by atoms with Crippen molar-refractivity contribution in [1.82, 2.24) is 5.32 Å². The molecule has 1 nitrogen and oxygen atoms in total. The number of halogens is 2. The monoisotopic (exact) mass is 399 g/mol. The van der Waals surface area contributed by atoms with Gasteiger partial charge in [0.25, 0.3) is 0 Å². The van der Waals surface area contributed by atoms with Crippen molar-refractivity contribution in [2.24, 2.45) is 0 Å². The molecule has 4 heteroatoms. The van der Waals surface area contributed by atoms with Gasteiger partial charge in [0.1, 0.15) is 0 Å². The molecule has 2 rings (SSSR count). The standard InChI is InChI=1S/C15H15Br2NS/c1-2-18-10-11-6-7-14(9-15(11)17)19-13-5-3-4-12(16)8-13/h3-9,18H,2,10H2,1H3. The van der Waals surface area contributed by atoms with Crippen LogP contribution in [0, 0.1) is 0 Å². The summed E-state index contributed by atoms with van der Waals surface area (Å²) in [4.78, 5) is 2.48. The van der Waals surface area contributed by atoms with E-state index in [9.17, 15) is 0 Å². The molecule has 0 unspecified atom stereocenters. The van der Waals surface area contributed by atoms with Crippen molar-refractivity contribution >= 4 is 43.6 Å². The molecule has 2 aromatic carbocycles. The van der Waals surface area contributed by atoms with E-state index in [1.807, 2.05) is 6.07 Å². The van der Waals surface area contributed by atoms with Gasteiger partial charge in [0, 0.05) is 25.3 Å². The van der Waals surface area contributed by atoms with Gasteiger partial charge in [-0.25, -0.2) is 0 Å². The Hall–Kier alpha value is -0.290. The van der Waals surface area contributed by atoms with E-state index >= 15 is 0 Å². The summed E-state index contributed by atoms with van der Waals surface area (Å²) in [5.74, 6) is 0. The highest BCUT2D eigenvalue weighted by molar-refractivity contribution is 9.10. The average molecular weight is 401 g/mol. The maximum Gasteiger partial charge on any atom is 0.0231 e. The predicted molar refractivity (Wildman–Crippen MR) is 89.8 cm³/mol. The molecule has 2 aromatic rings. The number of rotatable bonds is 5. The highest BCUT2D eigenvalue weighted by Gasteiger charge is 2.03. The molecule has 100 valence electrons. The van der Waals surface area contributed by atoms with Crippen LogP contribution in [0.1, 0.15) is 12.5 Å². The fourth-order valence-corrected chi connectivity index (χ4v) is 3.80. The molecule has 0 radical (unpaired) electrons. The molecule has 0 saturated heterocycles. The number of nitrogens with one attached hydrogen (secondary N) is 1. The summed E-state index contributed by atoms with van der Waals surface area (Å²) >= 11 is 8.91. The van der Waals surface area contributed by atoms with E-state index in [1.165, 1.54) is 15.4 Å². The zero-order valence-corrected chi connectivity index (χ0v) is 14.6. The third-order valence-corrected chi connectivity index (χ3v) is 4.83. The van der Waals surface area contributed by atoms with Crippen LogP contribution in [-0.4, -0.2) is 6.54 Å². The molecule has 0 aromatic heterocycles. The van der Waals surface area contributed by atoms with Gasteiger partial charge in [-0.1, -0.05) is 62.7 Å². The van der Waals surface area contributed by atoms with Gasteiger partial charge in [0.15, 0.2) is 0 Å². The van der Waals surface area contributed by atoms with Crippen molar-refractivity contribution in [3.05, 3.63) is 57.0 Å². The highest BCUT2D eigenvalue weighted by Crippen LogP contribution is 2.32. The summed E-state index contributed by atoms with van der Waals surface area (Å²) in [6, 6.07) is 14.9. The van der Waals surface area contributed by atoms with Crippen molar-refractivity contribution in [3.63, 3.8) is 0 Å². The van der Waals surface area contributed by atoms with E-state index in [0.717, 1.165) is 22.0 Å². The summed E-state index contributed by atoms with van der Waals surface area (Å²) in [6.07, 6.45) is 0. The first-order valence-electron chi connectivity index (χ1n) is 6.11. The van der Waals surface area contributed by atoms with Crippen LogP contribution in [0.25, 0.3) is 0 Å². The van der Waals surface area contributed by atoms with Crippen LogP contribution in [0.5, 0.6) is 0 Å². The normalized spacial score (nSPS) is 10.7. The van der Waals surface area contributed by atoms with Gasteiger partial charge >= 0.3 is 0 Å². The largest absolute Gasteiger partial charge is 0.313 e. The van der Waals surface area contributed by atoms with Crippen molar-refractivity contribution in [2.75, 3.05) is 6.54 Å². The molecule has 0 aliphatic rings. The van der Waals surface area contributed by atoms with Gasteiger partial charge in [-0.05, 0) is 42.4 Å². The molecule has 0 bridgehead atoms. The Balaban J connectivity index is 2.11. The zero-order valence-electron chi connectivity index (χ0n) is 10.6. The SMILES string of the molecule is CCNCc1ccc(Sc2cccc(Br)c2)cc1Br. The number of benzene rings is 2. The molecule has 0 atom stereocenters. The Kier molecular flexibility index (Phi) is 5.95. The molecule has 0 spiro atoms. The zero-order chi connectivity index (χ0) is 13.7. The number of hydrogen-bond donors (Lipinski definition) is 1. The minimum Gasteiger partial charge on any atom is -0.313 e. The van der Waals surface area contributed by atoms with Crippen LogP contribution in [0.2, 0.25) is 0 Å². The van der Waals surface area contributed by atoms with Gasteiger partial charge in [0.2, 0.25) is 0 Å². The Labute approximate surface area is 135 Å². The van der Waals surface area contributed by atoms with Crippen LogP contribution >= 0.6 is 43.6 Å². The van der Waals surface area contributed by atoms with Crippen LogP contribution in [-0.2, 0) is 6.54 Å². The minimum atomic E-state index is 0.902. The summed E-state index contributed by atoms with van der Waals surface area (Å²) in [6.45, 7) is 4.01. The maximum atomic E-state index is 3.64. The second kappa shape index (κ2) is 7.48. The second-order valence-electron chi connectivity index (χ2n) is 4.09. The maximum absolute atomic E-state index is 3.64. The molecular weight excluding hydrogens is 386 g/mol. The smallest absolute Gasteiger partial charge is 0.0231 e. The second-order valence-corrected chi connectivity index (χ2v) is 7.01. The molecule has 0 aliphatic heterocycles. The molecule has 19 heavy (non-hydrogen) atoms. The van der Waals surface area contributed by atoms with Gasteiger partial charge in [-0.3, -0.25) is 0 Å². The molecule has 0 aliphatic carbocycles. The Morgan fingerprint density at radius 3 is 2.53 bits per heavy atom. The van der Waals surface area contributed by atoms with E-state index < -0.39 is 0 Å². The van der Waals surface area contributed by atoms with E-state index in [-0.39, 0.29) is 0 Å². The molecule has 0 heterocycles. The lowest BCUT2D eigenvalue weighted by molar-refractivity contribution is 0.724. The summed E-state index contributed by atoms with van der Waals surface area (Å²) in [5.41, 5.74) is 1.29. The van der Waals surface area contributed by atoms with Crippen LogP contribution in [0.3, 0.4) is 0 Å². The van der Waals surface area contributed by atoms with Crippen LogP contribution < -0.4 is 5.32 Å². The summed E-state index contributed by atoms with van der Waals surface area (Å²) < 4.78 is 2.27. The van der Waals surface area contributed by atoms with Gasteiger partial charge in [0.05, 0.1) is 0 Å². The van der Waals surface area contributed by atoms with Crippen molar-refractivity contribution in [2.45, 2.75) is 23.3 Å². The van der Waals surface area contributed by atoms with E-state index in [0.29, 0.717) is 0 Å². The predicted octanol–water partition coefficient (Wildman–Crippen LogP) is 5.47. The molecule has 0 fully saturated rings. The van der Waals surface area contributed by atoms with Gasteiger partial charge in [-0.15, -0.1) is 0 Å². The van der Waals surface area contributed by atoms with E-state index in [4.69, 9.17) is 0 Å². The molecule has 1 N–H and O–H groups in total. The highest BCUT2D eigenvalue weighted by atomic mass is 79.9. The van der Waals surface area contributed by atoms with Crippen LogP contribution in [0.15, 0.2) is 61.2 Å². The fourth-order valence-electron chi connectivity index (χ4n) is 1.66. The molecule has 0 amide bonds. The van der Waals surface area contributed by atoms with Crippen molar-refractivity contribution in [1.29, 1.82) is 0 Å². The Bertz CT molecular complexity index is 558. The van der Waals surface area contributed by atoms with Crippen molar-refractivity contribution in [3.8, 4) is 0 Å². The lowest BCUT2D eigenvalue weighted by Crippen LogP contribution is -2.11. The van der Waals surface area contributed by atoms with Gasteiger partial charge in [-0.2, -0.15) is 0 Å². The topological polar surface area (TPSA) is 12.0 Å². The number of hydrogen-bond acceptors (Lipinski definition) is 2. The van der Waals surface area contributed by atoms with Crippen molar-refractivity contribution < 1.29 is 0 Å². The molecule has 0 saturated carbocycles. The Morgan fingerprint density at radius 2 is 1.84 bits per heavy atom. The lowest BCUT2D eigenvalue weighted by atomic mass is 10.2. The van der Waals surface area contributed by atoms with Gasteiger partial charge < -0.3 is 5.32 Å². The summed E-state index contributed by atoms with van der Waals surface area (Å²) in [7, 11) is 0. The van der Waals surface area contributed by atoms with Crippen LogP contribution in [0.4, 0.5) is 0 Å². The lowest BCUT2D eigenvalue weighted by Gasteiger charge is -2.08. The third kappa shape index (κ3) is 4.63. The third-order valence-electron chi connectivity index (χ3n) is 2.62. The Morgan fingerprint density at radius 1 is 1.05 bits per heavy atom. The average Bonchev–Trinajstić information content (AvgIpc) is 2.38. The minimum absolute atomic E-state index is 0.902. The first-order valence-corrected chi connectivity index (χ1v) is 8.52. The molecular formula is C15H15Br2NS. The first-order chi connectivity index (χ1) is 9.19. The summed E-state index contributed by atoms with van der Waals surface area (Å²) in [5, 5.41) is 3.34. The quantitative estimate of drug-likeness (QED) is 0.713. The first kappa shape index (κ1) is 15.1. The fraction of sp³-hybridized carbons (Fsp3) is 0.200. The van der Waals surface area contributed by atoms with E-state index in [1.54, 1.807) is 11.8 Å².